The molecule has 1 amide bonds. The average Bonchev–Trinajstić information content (AvgIpc) is 3.23. The number of fused-ring (bicyclic) bond motifs is 1. The standard InChI is InChI=1S/C18H32N4O/c1-2-19-18(20-10-9-17(23)21-11-5-6-12-21)22-13-15-7-3-4-8-16(15)14-22/h15-16H,2-14H2,1H3,(H,19,20). The van der Waals surface area contributed by atoms with Gasteiger partial charge < -0.3 is 15.1 Å². The lowest BCUT2D eigenvalue weighted by Gasteiger charge is -2.22. The van der Waals surface area contributed by atoms with Crippen molar-refractivity contribution >= 4 is 11.9 Å². The Kier molecular flexibility index (Phi) is 5.79. The number of hydrogen-bond acceptors (Lipinski definition) is 2. The van der Waals surface area contributed by atoms with Crippen molar-refractivity contribution in [2.45, 2.75) is 51.9 Å². The van der Waals surface area contributed by atoms with Crippen molar-refractivity contribution in [3.63, 3.8) is 0 Å². The van der Waals surface area contributed by atoms with Gasteiger partial charge in [-0.05, 0) is 44.4 Å². The minimum Gasteiger partial charge on any atom is -0.357 e. The zero-order chi connectivity index (χ0) is 16.1. The number of likely N-dealkylation sites (tertiary alicyclic amines) is 2. The quantitative estimate of drug-likeness (QED) is 0.637. The third kappa shape index (κ3) is 4.18. The maximum Gasteiger partial charge on any atom is 0.224 e. The summed E-state index contributed by atoms with van der Waals surface area (Å²) in [4.78, 5) is 21.3. The van der Waals surface area contributed by atoms with Gasteiger partial charge in [0.05, 0.1) is 6.54 Å². The Bertz CT molecular complexity index is 417. The van der Waals surface area contributed by atoms with Crippen LogP contribution in [0.1, 0.15) is 51.9 Å². The molecular weight excluding hydrogens is 288 g/mol. The number of nitrogens with zero attached hydrogens (tertiary/aromatic N) is 3. The normalized spacial score (nSPS) is 28.1. The fourth-order valence-electron chi connectivity index (χ4n) is 4.39. The first-order valence-electron chi connectivity index (χ1n) is 9.59. The van der Waals surface area contributed by atoms with Gasteiger partial charge in [0.1, 0.15) is 0 Å². The zero-order valence-electron chi connectivity index (χ0n) is 14.6. The summed E-state index contributed by atoms with van der Waals surface area (Å²) in [5.41, 5.74) is 0. The lowest BCUT2D eigenvalue weighted by Crippen LogP contribution is -2.40. The van der Waals surface area contributed by atoms with Gasteiger partial charge in [-0.3, -0.25) is 9.79 Å². The van der Waals surface area contributed by atoms with E-state index in [-0.39, 0.29) is 5.91 Å². The largest absolute Gasteiger partial charge is 0.357 e. The van der Waals surface area contributed by atoms with Crippen LogP contribution in [0.4, 0.5) is 0 Å². The molecule has 3 rings (SSSR count). The third-order valence-corrected chi connectivity index (χ3v) is 5.66. The van der Waals surface area contributed by atoms with Gasteiger partial charge in [0.25, 0.3) is 0 Å². The molecule has 130 valence electrons. The highest BCUT2D eigenvalue weighted by atomic mass is 16.2. The maximum atomic E-state index is 12.1. The molecular formula is C18H32N4O. The van der Waals surface area contributed by atoms with Crippen molar-refractivity contribution in [2.24, 2.45) is 16.8 Å². The summed E-state index contributed by atoms with van der Waals surface area (Å²) >= 11 is 0. The Labute approximate surface area is 140 Å². The number of amides is 1. The van der Waals surface area contributed by atoms with Crippen molar-refractivity contribution < 1.29 is 4.79 Å². The van der Waals surface area contributed by atoms with E-state index >= 15 is 0 Å². The van der Waals surface area contributed by atoms with Crippen molar-refractivity contribution in [3.05, 3.63) is 0 Å². The molecule has 5 heteroatoms. The number of rotatable bonds is 4. The van der Waals surface area contributed by atoms with E-state index in [2.05, 4.69) is 17.1 Å². The summed E-state index contributed by atoms with van der Waals surface area (Å²) in [5, 5.41) is 3.43. The maximum absolute atomic E-state index is 12.1. The second kappa shape index (κ2) is 8.02. The Morgan fingerprint density at radius 3 is 2.30 bits per heavy atom. The molecule has 0 spiro atoms. The fourth-order valence-corrected chi connectivity index (χ4v) is 4.39. The smallest absolute Gasteiger partial charge is 0.224 e. The van der Waals surface area contributed by atoms with Crippen LogP contribution in [0.25, 0.3) is 0 Å². The Morgan fingerprint density at radius 2 is 1.70 bits per heavy atom. The van der Waals surface area contributed by atoms with Crippen molar-refractivity contribution in [2.75, 3.05) is 39.3 Å². The van der Waals surface area contributed by atoms with Crippen LogP contribution >= 0.6 is 0 Å². The van der Waals surface area contributed by atoms with Crippen LogP contribution in [-0.4, -0.2) is 60.9 Å². The predicted molar refractivity (Wildman–Crippen MR) is 93.4 cm³/mol. The minimum absolute atomic E-state index is 0.275. The summed E-state index contributed by atoms with van der Waals surface area (Å²) in [6.45, 7) is 7.81. The van der Waals surface area contributed by atoms with E-state index < -0.39 is 0 Å². The SMILES string of the molecule is CCNC(=NCCC(=O)N1CCCC1)N1CC2CCCCC2C1. The molecule has 3 aliphatic rings. The Balaban J connectivity index is 1.52. The van der Waals surface area contributed by atoms with Crippen LogP contribution in [0.15, 0.2) is 4.99 Å². The average molecular weight is 320 g/mol. The first-order chi connectivity index (χ1) is 11.3. The van der Waals surface area contributed by atoms with Gasteiger partial charge in [0.15, 0.2) is 5.96 Å². The minimum atomic E-state index is 0.275. The molecule has 0 radical (unpaired) electrons. The monoisotopic (exact) mass is 320 g/mol. The molecule has 1 N–H and O–H groups in total. The van der Waals surface area contributed by atoms with Crippen LogP contribution in [0, 0.1) is 11.8 Å². The van der Waals surface area contributed by atoms with E-state index in [0.717, 1.165) is 63.4 Å². The van der Waals surface area contributed by atoms with Gasteiger partial charge in [-0.1, -0.05) is 12.8 Å². The Hall–Kier alpha value is -1.26. The predicted octanol–water partition coefficient (Wildman–Crippen LogP) is 2.09. The molecule has 2 saturated heterocycles. The molecule has 0 bridgehead atoms. The van der Waals surface area contributed by atoms with Crippen LogP contribution in [0.5, 0.6) is 0 Å². The molecule has 1 aliphatic carbocycles. The van der Waals surface area contributed by atoms with Crippen LogP contribution in [0.2, 0.25) is 0 Å². The molecule has 0 aromatic heterocycles. The van der Waals surface area contributed by atoms with Gasteiger partial charge in [-0.15, -0.1) is 0 Å². The number of hydrogen-bond donors (Lipinski definition) is 1. The number of guanidine groups is 1. The topological polar surface area (TPSA) is 47.9 Å². The molecule has 0 aromatic carbocycles. The van der Waals surface area contributed by atoms with E-state index in [1.165, 1.54) is 25.7 Å². The molecule has 0 aromatic rings. The number of aliphatic imine (C=N–C) groups is 1. The van der Waals surface area contributed by atoms with Crippen LogP contribution in [-0.2, 0) is 4.79 Å². The van der Waals surface area contributed by atoms with E-state index in [1.807, 2.05) is 4.90 Å². The number of nitrogens with one attached hydrogen (secondary N) is 1. The summed E-state index contributed by atoms with van der Waals surface area (Å²) in [6.07, 6.45) is 8.43. The second-order valence-electron chi connectivity index (χ2n) is 7.28. The fraction of sp³-hybridized carbons (Fsp3) is 0.889. The summed E-state index contributed by atoms with van der Waals surface area (Å²) in [7, 11) is 0. The molecule has 3 fully saturated rings. The molecule has 1 saturated carbocycles. The van der Waals surface area contributed by atoms with Crippen LogP contribution < -0.4 is 5.32 Å². The lowest BCUT2D eigenvalue weighted by molar-refractivity contribution is -0.129. The number of carbonyl (C=O) groups excluding carboxylic acids is 1. The molecule has 2 atom stereocenters. The van der Waals surface area contributed by atoms with Gasteiger partial charge in [0, 0.05) is 39.1 Å². The molecule has 2 aliphatic heterocycles. The van der Waals surface area contributed by atoms with Gasteiger partial charge in [0.2, 0.25) is 5.91 Å². The lowest BCUT2D eigenvalue weighted by atomic mass is 9.82. The summed E-state index contributed by atoms with van der Waals surface area (Å²) in [6, 6.07) is 0. The first-order valence-corrected chi connectivity index (χ1v) is 9.59. The van der Waals surface area contributed by atoms with Crippen molar-refractivity contribution in [3.8, 4) is 0 Å². The first kappa shape index (κ1) is 16.6. The summed E-state index contributed by atoms with van der Waals surface area (Å²) < 4.78 is 0. The Morgan fingerprint density at radius 1 is 1.04 bits per heavy atom. The third-order valence-electron chi connectivity index (χ3n) is 5.66. The van der Waals surface area contributed by atoms with Crippen molar-refractivity contribution in [1.29, 1.82) is 0 Å². The highest BCUT2D eigenvalue weighted by molar-refractivity contribution is 5.81. The van der Waals surface area contributed by atoms with Crippen molar-refractivity contribution in [1.82, 2.24) is 15.1 Å². The van der Waals surface area contributed by atoms with E-state index in [4.69, 9.17) is 4.99 Å². The van der Waals surface area contributed by atoms with Gasteiger partial charge in [-0.2, -0.15) is 0 Å². The summed E-state index contributed by atoms with van der Waals surface area (Å²) in [5.74, 6) is 3.02. The molecule has 2 heterocycles. The molecule has 5 nitrogen and oxygen atoms in total. The molecule has 2 unspecified atom stereocenters. The van der Waals surface area contributed by atoms with E-state index in [0.29, 0.717) is 13.0 Å². The zero-order valence-corrected chi connectivity index (χ0v) is 14.6. The van der Waals surface area contributed by atoms with E-state index in [9.17, 15) is 4.79 Å². The highest BCUT2D eigenvalue weighted by Crippen LogP contribution is 2.35. The van der Waals surface area contributed by atoms with Gasteiger partial charge >= 0.3 is 0 Å². The van der Waals surface area contributed by atoms with Gasteiger partial charge in [-0.25, -0.2) is 0 Å². The van der Waals surface area contributed by atoms with Crippen LogP contribution in [0.3, 0.4) is 0 Å². The molecule has 23 heavy (non-hydrogen) atoms. The number of carbonyl (C=O) groups is 1. The van der Waals surface area contributed by atoms with E-state index in [1.54, 1.807) is 0 Å². The highest BCUT2D eigenvalue weighted by Gasteiger charge is 2.35. The second-order valence-corrected chi connectivity index (χ2v) is 7.28.